The van der Waals surface area contributed by atoms with Crippen LogP contribution in [-0.2, 0) is 4.79 Å². The lowest BCUT2D eigenvalue weighted by Gasteiger charge is -2.36. The van der Waals surface area contributed by atoms with Crippen LogP contribution in [0.5, 0.6) is 0 Å². The van der Waals surface area contributed by atoms with Gasteiger partial charge in [-0.1, -0.05) is 51.8 Å². The van der Waals surface area contributed by atoms with E-state index in [4.69, 9.17) is 4.99 Å². The number of carbonyl (C=O) groups is 2. The molecule has 6 nitrogen and oxygen atoms in total. The Kier molecular flexibility index (Phi) is 6.33. The number of urea groups is 1. The van der Waals surface area contributed by atoms with Crippen LogP contribution in [0.3, 0.4) is 0 Å². The molecule has 130 valence electrons. The second-order valence-electron chi connectivity index (χ2n) is 6.27. The molecule has 7 heteroatoms. The molecule has 2 heterocycles. The third-order valence-corrected chi connectivity index (χ3v) is 5.74. The van der Waals surface area contributed by atoms with E-state index in [2.05, 4.69) is 31.0 Å². The highest BCUT2D eigenvalue weighted by Crippen LogP contribution is 2.31. The monoisotopic (exact) mass is 340 g/mol. The van der Waals surface area contributed by atoms with Gasteiger partial charge in [0, 0.05) is 18.8 Å². The zero-order valence-corrected chi connectivity index (χ0v) is 15.4. The molecule has 0 aliphatic carbocycles. The number of hydrogen-bond donors (Lipinski definition) is 1. The van der Waals surface area contributed by atoms with Gasteiger partial charge in [-0.3, -0.25) is 10.1 Å². The first kappa shape index (κ1) is 18.1. The van der Waals surface area contributed by atoms with E-state index < -0.39 is 6.17 Å². The molecule has 2 aliphatic rings. The van der Waals surface area contributed by atoms with Gasteiger partial charge < -0.3 is 9.80 Å². The van der Waals surface area contributed by atoms with Crippen molar-refractivity contribution < 1.29 is 9.59 Å². The van der Waals surface area contributed by atoms with Crippen molar-refractivity contribution in [2.24, 2.45) is 4.99 Å². The van der Waals surface area contributed by atoms with E-state index in [1.807, 2.05) is 0 Å². The van der Waals surface area contributed by atoms with Gasteiger partial charge in [-0.2, -0.15) is 0 Å². The van der Waals surface area contributed by atoms with Gasteiger partial charge in [-0.05, 0) is 12.8 Å². The average molecular weight is 340 g/mol. The molecule has 0 aromatic heterocycles. The van der Waals surface area contributed by atoms with E-state index in [9.17, 15) is 9.59 Å². The fourth-order valence-corrected chi connectivity index (χ4v) is 3.84. The van der Waals surface area contributed by atoms with Crippen molar-refractivity contribution in [2.45, 2.75) is 70.3 Å². The normalized spacial score (nSPS) is 25.3. The second-order valence-corrected chi connectivity index (χ2v) is 7.67. The minimum Gasteiger partial charge on any atom is -0.336 e. The molecule has 0 aromatic rings. The molecule has 2 aliphatic heterocycles. The highest BCUT2D eigenvalue weighted by molar-refractivity contribution is 8.14. The Morgan fingerprint density at radius 3 is 2.65 bits per heavy atom. The highest BCUT2D eigenvalue weighted by atomic mass is 32.2. The SMILES string of the molecule is CCCCCCN1C(SC(C)CC)=NC2C1C(=O)NC(=O)N2C. The number of nitrogens with zero attached hydrogens (tertiary/aromatic N) is 3. The largest absolute Gasteiger partial charge is 0.336 e. The van der Waals surface area contributed by atoms with Crippen LogP contribution in [-0.4, -0.2) is 58.0 Å². The molecule has 0 aromatic carbocycles. The van der Waals surface area contributed by atoms with Crippen LogP contribution in [0.15, 0.2) is 4.99 Å². The minimum absolute atomic E-state index is 0.225. The van der Waals surface area contributed by atoms with Crippen LogP contribution in [0, 0.1) is 0 Å². The number of rotatable bonds is 7. The maximum absolute atomic E-state index is 12.3. The number of aliphatic imine (C=N–C) groups is 1. The predicted molar refractivity (Wildman–Crippen MR) is 94.5 cm³/mol. The Morgan fingerprint density at radius 2 is 2.00 bits per heavy atom. The number of unbranched alkanes of at least 4 members (excludes halogenated alkanes) is 3. The van der Waals surface area contributed by atoms with Crippen LogP contribution in [0.25, 0.3) is 0 Å². The number of amides is 3. The van der Waals surface area contributed by atoms with Crippen LogP contribution >= 0.6 is 11.8 Å². The number of nitrogens with one attached hydrogen (secondary N) is 1. The molecule has 1 N–H and O–H groups in total. The van der Waals surface area contributed by atoms with Crippen molar-refractivity contribution in [1.82, 2.24) is 15.1 Å². The standard InChI is InChI=1S/C16H28N4O2S/c1-5-7-8-9-10-20-12-13(17-16(20)23-11(3)6-2)19(4)15(22)18-14(12)21/h11-13H,5-10H2,1-4H3,(H,18,21,22). The lowest BCUT2D eigenvalue weighted by atomic mass is 10.1. The summed E-state index contributed by atoms with van der Waals surface area (Å²) >= 11 is 1.71. The number of amidine groups is 1. The van der Waals surface area contributed by atoms with E-state index in [0.717, 1.165) is 31.0 Å². The van der Waals surface area contributed by atoms with E-state index in [0.29, 0.717) is 5.25 Å². The van der Waals surface area contributed by atoms with Gasteiger partial charge in [0.25, 0.3) is 5.91 Å². The third-order valence-electron chi connectivity index (χ3n) is 4.46. The zero-order valence-electron chi connectivity index (χ0n) is 14.5. The molecule has 0 bridgehead atoms. The quantitative estimate of drug-likeness (QED) is 0.724. The molecule has 0 radical (unpaired) electrons. The van der Waals surface area contributed by atoms with Gasteiger partial charge in [0.2, 0.25) is 0 Å². The van der Waals surface area contributed by atoms with Crippen molar-refractivity contribution in [3.63, 3.8) is 0 Å². The van der Waals surface area contributed by atoms with Crippen molar-refractivity contribution in [2.75, 3.05) is 13.6 Å². The van der Waals surface area contributed by atoms with Crippen molar-refractivity contribution in [3.8, 4) is 0 Å². The predicted octanol–water partition coefficient (Wildman–Crippen LogP) is 2.65. The number of thioether (sulfide) groups is 1. The minimum atomic E-state index is -0.394. The van der Waals surface area contributed by atoms with E-state index in [1.54, 1.807) is 18.8 Å². The molecule has 2 rings (SSSR count). The molecule has 0 spiro atoms. The summed E-state index contributed by atoms with van der Waals surface area (Å²) in [7, 11) is 1.70. The second kappa shape index (κ2) is 8.04. The van der Waals surface area contributed by atoms with Crippen molar-refractivity contribution in [1.29, 1.82) is 0 Å². The first-order valence-corrected chi connectivity index (χ1v) is 9.46. The summed E-state index contributed by atoms with van der Waals surface area (Å²) in [4.78, 5) is 32.5. The molecule has 3 atom stereocenters. The Morgan fingerprint density at radius 1 is 1.26 bits per heavy atom. The molecule has 0 saturated carbocycles. The maximum atomic E-state index is 12.3. The summed E-state index contributed by atoms with van der Waals surface area (Å²) in [6, 6.07) is -0.744. The molecule has 3 unspecified atom stereocenters. The molecule has 3 amide bonds. The molecule has 23 heavy (non-hydrogen) atoms. The summed E-state index contributed by atoms with van der Waals surface area (Å²) in [6.45, 7) is 7.32. The maximum Gasteiger partial charge on any atom is 0.325 e. The summed E-state index contributed by atoms with van der Waals surface area (Å²) in [6.07, 6.45) is 5.24. The van der Waals surface area contributed by atoms with Crippen molar-refractivity contribution >= 4 is 28.9 Å². The van der Waals surface area contributed by atoms with Gasteiger partial charge in [0.1, 0.15) is 0 Å². The first-order chi connectivity index (χ1) is 11.0. The number of hydrogen-bond acceptors (Lipinski definition) is 5. The number of imide groups is 1. The highest BCUT2D eigenvalue weighted by Gasteiger charge is 2.48. The van der Waals surface area contributed by atoms with Crippen LogP contribution in [0.4, 0.5) is 4.79 Å². The average Bonchev–Trinajstić information content (AvgIpc) is 2.88. The summed E-state index contributed by atoms with van der Waals surface area (Å²) in [5.74, 6) is -0.225. The van der Waals surface area contributed by atoms with Crippen molar-refractivity contribution in [3.05, 3.63) is 0 Å². The molecule has 1 saturated heterocycles. The Hall–Kier alpha value is -1.24. The van der Waals surface area contributed by atoms with Gasteiger partial charge in [0.15, 0.2) is 17.4 Å². The van der Waals surface area contributed by atoms with Crippen LogP contribution < -0.4 is 5.32 Å². The molecular formula is C16H28N4O2S. The van der Waals surface area contributed by atoms with Gasteiger partial charge in [-0.25, -0.2) is 9.79 Å². The Labute approximate surface area is 143 Å². The van der Waals surface area contributed by atoms with Crippen LogP contribution in [0.2, 0.25) is 0 Å². The number of carbonyl (C=O) groups excluding carboxylic acids is 2. The lowest BCUT2D eigenvalue weighted by molar-refractivity contribution is -0.127. The van der Waals surface area contributed by atoms with Crippen LogP contribution in [0.1, 0.15) is 52.9 Å². The van der Waals surface area contributed by atoms with Gasteiger partial charge in [0.05, 0.1) is 0 Å². The van der Waals surface area contributed by atoms with Gasteiger partial charge >= 0.3 is 6.03 Å². The number of fused-ring (bicyclic) bond motifs is 1. The Bertz CT molecular complexity index is 483. The first-order valence-electron chi connectivity index (χ1n) is 8.58. The van der Waals surface area contributed by atoms with E-state index in [1.165, 1.54) is 17.7 Å². The third kappa shape index (κ3) is 4.00. The summed E-state index contributed by atoms with van der Waals surface area (Å²) in [5, 5.41) is 3.79. The fraction of sp³-hybridized carbons (Fsp3) is 0.812. The van der Waals surface area contributed by atoms with E-state index >= 15 is 0 Å². The zero-order chi connectivity index (χ0) is 17.0. The molecular weight excluding hydrogens is 312 g/mol. The van der Waals surface area contributed by atoms with Gasteiger partial charge in [-0.15, -0.1) is 0 Å². The van der Waals surface area contributed by atoms with E-state index in [-0.39, 0.29) is 18.0 Å². The number of likely N-dealkylation sites (N-methyl/N-ethyl adjacent to an activating group) is 1. The topological polar surface area (TPSA) is 65.0 Å². The smallest absolute Gasteiger partial charge is 0.325 e. The lowest BCUT2D eigenvalue weighted by Crippen LogP contribution is -2.63. The summed E-state index contributed by atoms with van der Waals surface area (Å²) < 4.78 is 0. The summed E-state index contributed by atoms with van der Waals surface area (Å²) in [5.41, 5.74) is 0. The fourth-order valence-electron chi connectivity index (χ4n) is 2.81. The molecule has 1 fully saturated rings. The Balaban J connectivity index is 2.15.